The summed E-state index contributed by atoms with van der Waals surface area (Å²) in [5.74, 6) is -0.249. The van der Waals surface area contributed by atoms with Crippen molar-refractivity contribution in [3.63, 3.8) is 0 Å². The highest BCUT2D eigenvalue weighted by atomic mass is 16.1. The molecule has 0 aliphatic heterocycles. The van der Waals surface area contributed by atoms with Gasteiger partial charge in [0.15, 0.2) is 0 Å². The molecule has 0 aliphatic rings. The van der Waals surface area contributed by atoms with E-state index in [1.165, 1.54) is 0 Å². The summed E-state index contributed by atoms with van der Waals surface area (Å²) in [6, 6.07) is 19.7. The van der Waals surface area contributed by atoms with Gasteiger partial charge in [0.1, 0.15) is 11.6 Å². The number of carbonyl (C=O) groups excluding carboxylic acids is 2. The lowest BCUT2D eigenvalue weighted by molar-refractivity contribution is -0.131. The maximum atomic E-state index is 12.3. The zero-order valence-corrected chi connectivity index (χ0v) is 14.6. The zero-order valence-electron chi connectivity index (χ0n) is 14.6. The summed E-state index contributed by atoms with van der Waals surface area (Å²) in [7, 11) is 0. The number of benzene rings is 2. The predicted octanol–water partition coefficient (Wildman–Crippen LogP) is 3.87. The van der Waals surface area contributed by atoms with Gasteiger partial charge in [-0.3, -0.25) is 14.5 Å². The van der Waals surface area contributed by atoms with Crippen LogP contribution in [0.15, 0.2) is 60.7 Å². The van der Waals surface area contributed by atoms with Crippen LogP contribution >= 0.6 is 0 Å². The second-order valence-corrected chi connectivity index (χ2v) is 6.33. The number of rotatable bonds is 8. The predicted molar refractivity (Wildman–Crippen MR) is 96.4 cm³/mol. The van der Waals surface area contributed by atoms with Crippen molar-refractivity contribution in [3.05, 3.63) is 71.8 Å². The van der Waals surface area contributed by atoms with E-state index < -0.39 is 6.04 Å². The summed E-state index contributed by atoms with van der Waals surface area (Å²) in [5, 5.41) is 0. The molecule has 0 saturated carbocycles. The lowest BCUT2D eigenvalue weighted by Crippen LogP contribution is -2.45. The molecule has 0 amide bonds. The molecule has 0 aromatic heterocycles. The standard InChI is InChI=1S/C21H25NO2/c1-16(17(2)23)21(18(3)24)22(14-19-10-6-4-7-11-19)15-20-12-8-5-9-13-20/h4-13,16,21H,14-15H2,1-3H3. The quantitative estimate of drug-likeness (QED) is 0.740. The first-order chi connectivity index (χ1) is 11.5. The molecular formula is C21H25NO2. The Morgan fingerprint density at radius 2 is 1.21 bits per heavy atom. The fraction of sp³-hybridized carbons (Fsp3) is 0.333. The molecule has 3 nitrogen and oxygen atoms in total. The van der Waals surface area contributed by atoms with Gasteiger partial charge in [-0.05, 0) is 25.0 Å². The Bertz CT molecular complexity index is 625. The highest BCUT2D eigenvalue weighted by Crippen LogP contribution is 2.20. The van der Waals surface area contributed by atoms with E-state index in [0.717, 1.165) is 11.1 Å². The van der Waals surface area contributed by atoms with Crippen molar-refractivity contribution >= 4 is 11.6 Å². The van der Waals surface area contributed by atoms with Crippen LogP contribution in [0, 0.1) is 5.92 Å². The third kappa shape index (κ3) is 4.87. The molecule has 0 heterocycles. The van der Waals surface area contributed by atoms with Crippen LogP contribution in [-0.4, -0.2) is 22.5 Å². The Hall–Kier alpha value is -2.26. The van der Waals surface area contributed by atoms with Crippen molar-refractivity contribution in [2.75, 3.05) is 0 Å². The number of hydrogen-bond acceptors (Lipinski definition) is 3. The number of nitrogens with zero attached hydrogens (tertiary/aromatic N) is 1. The van der Waals surface area contributed by atoms with Crippen LogP contribution in [0.25, 0.3) is 0 Å². The number of hydrogen-bond donors (Lipinski definition) is 0. The van der Waals surface area contributed by atoms with E-state index in [2.05, 4.69) is 4.90 Å². The van der Waals surface area contributed by atoms with Crippen LogP contribution < -0.4 is 0 Å². The van der Waals surface area contributed by atoms with Gasteiger partial charge < -0.3 is 0 Å². The second kappa shape index (κ2) is 8.55. The van der Waals surface area contributed by atoms with Crippen molar-refractivity contribution in [1.82, 2.24) is 4.90 Å². The van der Waals surface area contributed by atoms with Crippen molar-refractivity contribution in [1.29, 1.82) is 0 Å². The Balaban J connectivity index is 2.32. The van der Waals surface area contributed by atoms with E-state index in [0.29, 0.717) is 13.1 Å². The fourth-order valence-corrected chi connectivity index (χ4v) is 3.04. The van der Waals surface area contributed by atoms with Gasteiger partial charge >= 0.3 is 0 Å². The smallest absolute Gasteiger partial charge is 0.147 e. The Labute approximate surface area is 144 Å². The van der Waals surface area contributed by atoms with Crippen LogP contribution in [0.4, 0.5) is 0 Å². The summed E-state index contributed by atoms with van der Waals surface area (Å²) in [6.45, 7) is 6.25. The molecule has 2 atom stereocenters. The topological polar surface area (TPSA) is 37.4 Å². The third-order valence-corrected chi connectivity index (χ3v) is 4.38. The zero-order chi connectivity index (χ0) is 17.5. The van der Waals surface area contributed by atoms with Crippen LogP contribution in [0.3, 0.4) is 0 Å². The molecule has 0 radical (unpaired) electrons. The molecular weight excluding hydrogens is 298 g/mol. The van der Waals surface area contributed by atoms with Gasteiger partial charge in [-0.2, -0.15) is 0 Å². The number of carbonyl (C=O) groups is 2. The first kappa shape index (κ1) is 18.1. The Kier molecular flexibility index (Phi) is 6.44. The Morgan fingerprint density at radius 3 is 1.54 bits per heavy atom. The summed E-state index contributed by atoms with van der Waals surface area (Å²) in [4.78, 5) is 26.3. The van der Waals surface area contributed by atoms with Crippen LogP contribution in [0.2, 0.25) is 0 Å². The van der Waals surface area contributed by atoms with Gasteiger partial charge in [-0.25, -0.2) is 0 Å². The van der Waals surface area contributed by atoms with Gasteiger partial charge in [-0.15, -0.1) is 0 Å². The number of ketones is 2. The SMILES string of the molecule is CC(=O)C(C)C(C(C)=O)N(Cc1ccccc1)Cc1ccccc1. The average Bonchev–Trinajstić information content (AvgIpc) is 2.56. The largest absolute Gasteiger partial charge is 0.300 e. The van der Waals surface area contributed by atoms with Crippen LogP contribution in [0.5, 0.6) is 0 Å². The molecule has 24 heavy (non-hydrogen) atoms. The highest BCUT2D eigenvalue weighted by Gasteiger charge is 2.31. The maximum absolute atomic E-state index is 12.3. The minimum Gasteiger partial charge on any atom is -0.300 e. The van der Waals surface area contributed by atoms with E-state index in [4.69, 9.17) is 0 Å². The van der Waals surface area contributed by atoms with E-state index >= 15 is 0 Å². The van der Waals surface area contributed by atoms with E-state index in [-0.39, 0.29) is 17.5 Å². The molecule has 2 aromatic rings. The average molecular weight is 323 g/mol. The molecule has 2 aromatic carbocycles. The lowest BCUT2D eigenvalue weighted by atomic mass is 9.92. The molecule has 3 heteroatoms. The van der Waals surface area contributed by atoms with Gasteiger partial charge in [0.05, 0.1) is 6.04 Å². The first-order valence-corrected chi connectivity index (χ1v) is 8.32. The second-order valence-electron chi connectivity index (χ2n) is 6.33. The molecule has 0 aliphatic carbocycles. The van der Waals surface area contributed by atoms with Gasteiger partial charge in [-0.1, -0.05) is 67.6 Å². The minimum absolute atomic E-state index is 0.0320. The lowest BCUT2D eigenvalue weighted by Gasteiger charge is -2.33. The fourth-order valence-electron chi connectivity index (χ4n) is 3.04. The monoisotopic (exact) mass is 323 g/mol. The van der Waals surface area contributed by atoms with Gasteiger partial charge in [0.25, 0.3) is 0 Å². The molecule has 0 spiro atoms. The summed E-state index contributed by atoms with van der Waals surface area (Å²) >= 11 is 0. The number of Topliss-reactive ketones (excluding diaryl/α,β-unsaturated/α-hetero) is 2. The first-order valence-electron chi connectivity index (χ1n) is 8.32. The summed E-state index contributed by atoms with van der Waals surface area (Å²) in [6.07, 6.45) is 0. The van der Waals surface area contributed by atoms with Crippen molar-refractivity contribution in [2.24, 2.45) is 5.92 Å². The minimum atomic E-state index is -0.414. The molecule has 0 fully saturated rings. The van der Waals surface area contributed by atoms with Gasteiger partial charge in [0, 0.05) is 19.0 Å². The summed E-state index contributed by atoms with van der Waals surface area (Å²) < 4.78 is 0. The molecule has 2 unspecified atom stereocenters. The van der Waals surface area contributed by atoms with Crippen molar-refractivity contribution in [2.45, 2.75) is 39.9 Å². The third-order valence-electron chi connectivity index (χ3n) is 4.38. The Morgan fingerprint density at radius 1 is 0.792 bits per heavy atom. The maximum Gasteiger partial charge on any atom is 0.147 e. The van der Waals surface area contributed by atoms with Crippen LogP contribution in [-0.2, 0) is 22.7 Å². The highest BCUT2D eigenvalue weighted by molar-refractivity contribution is 5.89. The molecule has 0 saturated heterocycles. The van der Waals surface area contributed by atoms with E-state index in [1.807, 2.05) is 67.6 Å². The normalized spacial score (nSPS) is 13.5. The van der Waals surface area contributed by atoms with E-state index in [9.17, 15) is 9.59 Å². The van der Waals surface area contributed by atoms with Gasteiger partial charge in [0.2, 0.25) is 0 Å². The van der Waals surface area contributed by atoms with Crippen molar-refractivity contribution < 1.29 is 9.59 Å². The van der Waals surface area contributed by atoms with E-state index in [1.54, 1.807) is 13.8 Å². The molecule has 0 bridgehead atoms. The summed E-state index contributed by atoms with van der Waals surface area (Å²) in [5.41, 5.74) is 2.27. The van der Waals surface area contributed by atoms with Crippen LogP contribution in [0.1, 0.15) is 31.9 Å². The van der Waals surface area contributed by atoms with Crippen molar-refractivity contribution in [3.8, 4) is 0 Å². The molecule has 2 rings (SSSR count). The molecule has 126 valence electrons. The molecule has 0 N–H and O–H groups in total.